The fraction of sp³-hybridized carbons (Fsp3) is 0.350. The molecule has 2 aromatic rings. The molecule has 2 aromatic carbocycles. The van der Waals surface area contributed by atoms with Crippen molar-refractivity contribution >= 4 is 5.91 Å². The molecule has 0 bridgehead atoms. The Morgan fingerprint density at radius 1 is 1.00 bits per heavy atom. The quantitative estimate of drug-likeness (QED) is 0.752. The molecule has 0 fully saturated rings. The Morgan fingerprint density at radius 2 is 1.70 bits per heavy atom. The molecule has 0 aromatic heterocycles. The molecule has 0 aliphatic heterocycles. The van der Waals surface area contributed by atoms with Crippen molar-refractivity contribution in [2.45, 2.75) is 26.9 Å². The molecular formula is C20H25NO2. The summed E-state index contributed by atoms with van der Waals surface area (Å²) in [6.07, 6.45) is 0.913. The van der Waals surface area contributed by atoms with Gasteiger partial charge in [-0.3, -0.25) is 4.79 Å². The smallest absolute Gasteiger partial charge is 0.251 e. The van der Waals surface area contributed by atoms with Crippen molar-refractivity contribution in [3.8, 4) is 0 Å². The van der Waals surface area contributed by atoms with Crippen molar-refractivity contribution in [2.75, 3.05) is 13.2 Å². The SMILES string of the molecule is CC(C)CNC(=O)c1ccc(COCCc2ccccc2)cc1. The van der Waals surface area contributed by atoms with Gasteiger partial charge in [0.05, 0.1) is 13.2 Å². The Hall–Kier alpha value is -2.13. The molecule has 0 spiro atoms. The fourth-order valence-electron chi connectivity index (χ4n) is 2.18. The molecule has 0 unspecified atom stereocenters. The van der Waals surface area contributed by atoms with Gasteiger partial charge in [0.15, 0.2) is 0 Å². The lowest BCUT2D eigenvalue weighted by atomic mass is 10.1. The molecule has 0 radical (unpaired) electrons. The van der Waals surface area contributed by atoms with Gasteiger partial charge in [-0.25, -0.2) is 0 Å². The van der Waals surface area contributed by atoms with E-state index >= 15 is 0 Å². The largest absolute Gasteiger partial charge is 0.376 e. The van der Waals surface area contributed by atoms with E-state index in [4.69, 9.17) is 4.74 Å². The molecule has 1 N–H and O–H groups in total. The molecule has 0 aliphatic rings. The Kier molecular flexibility index (Phi) is 6.82. The zero-order valence-corrected chi connectivity index (χ0v) is 13.9. The van der Waals surface area contributed by atoms with Crippen LogP contribution in [0.5, 0.6) is 0 Å². The summed E-state index contributed by atoms with van der Waals surface area (Å²) in [6, 6.07) is 17.9. The van der Waals surface area contributed by atoms with Gasteiger partial charge in [0.1, 0.15) is 0 Å². The first-order valence-electron chi connectivity index (χ1n) is 8.14. The lowest BCUT2D eigenvalue weighted by Crippen LogP contribution is -2.27. The highest BCUT2D eigenvalue weighted by atomic mass is 16.5. The monoisotopic (exact) mass is 311 g/mol. The first-order valence-corrected chi connectivity index (χ1v) is 8.14. The van der Waals surface area contributed by atoms with Crippen LogP contribution in [0.4, 0.5) is 0 Å². The predicted octanol–water partition coefficient (Wildman–Crippen LogP) is 3.83. The maximum atomic E-state index is 11.9. The summed E-state index contributed by atoms with van der Waals surface area (Å²) < 4.78 is 5.70. The predicted molar refractivity (Wildman–Crippen MR) is 93.4 cm³/mol. The minimum atomic E-state index is -0.0183. The van der Waals surface area contributed by atoms with Crippen LogP contribution in [0.15, 0.2) is 54.6 Å². The van der Waals surface area contributed by atoms with E-state index in [0.717, 1.165) is 12.0 Å². The number of hydrogen-bond donors (Lipinski definition) is 1. The van der Waals surface area contributed by atoms with E-state index in [1.165, 1.54) is 5.56 Å². The molecule has 23 heavy (non-hydrogen) atoms. The van der Waals surface area contributed by atoms with E-state index in [0.29, 0.717) is 31.2 Å². The van der Waals surface area contributed by atoms with Crippen molar-refractivity contribution in [3.05, 3.63) is 71.3 Å². The molecule has 1 amide bonds. The van der Waals surface area contributed by atoms with E-state index in [2.05, 4.69) is 31.3 Å². The molecule has 0 atom stereocenters. The number of benzene rings is 2. The van der Waals surface area contributed by atoms with E-state index in [9.17, 15) is 4.79 Å². The summed E-state index contributed by atoms with van der Waals surface area (Å²) in [7, 11) is 0. The summed E-state index contributed by atoms with van der Waals surface area (Å²) in [5, 5.41) is 2.92. The van der Waals surface area contributed by atoms with E-state index < -0.39 is 0 Å². The summed E-state index contributed by atoms with van der Waals surface area (Å²) in [5.41, 5.74) is 3.06. The van der Waals surface area contributed by atoms with Crippen molar-refractivity contribution in [2.24, 2.45) is 5.92 Å². The number of nitrogens with one attached hydrogen (secondary N) is 1. The molecular weight excluding hydrogens is 286 g/mol. The summed E-state index contributed by atoms with van der Waals surface area (Å²) in [5.74, 6) is 0.437. The minimum absolute atomic E-state index is 0.0183. The molecule has 3 nitrogen and oxygen atoms in total. The van der Waals surface area contributed by atoms with Crippen LogP contribution >= 0.6 is 0 Å². The van der Waals surface area contributed by atoms with Crippen molar-refractivity contribution in [1.82, 2.24) is 5.32 Å². The second-order valence-electron chi connectivity index (χ2n) is 6.09. The molecule has 2 rings (SSSR count). The molecule has 0 aliphatic carbocycles. The zero-order chi connectivity index (χ0) is 16.5. The number of rotatable bonds is 8. The van der Waals surface area contributed by atoms with Crippen LogP contribution in [0.25, 0.3) is 0 Å². The lowest BCUT2D eigenvalue weighted by Gasteiger charge is -2.08. The molecule has 0 saturated carbocycles. The Morgan fingerprint density at radius 3 is 2.35 bits per heavy atom. The highest BCUT2D eigenvalue weighted by molar-refractivity contribution is 5.94. The summed E-state index contributed by atoms with van der Waals surface area (Å²) in [6.45, 7) is 6.12. The Balaban J connectivity index is 1.73. The van der Waals surface area contributed by atoms with Gasteiger partial charge >= 0.3 is 0 Å². The normalized spacial score (nSPS) is 10.7. The molecule has 0 saturated heterocycles. The van der Waals surface area contributed by atoms with Gasteiger partial charge in [0, 0.05) is 12.1 Å². The first-order chi connectivity index (χ1) is 11.1. The number of carbonyl (C=O) groups is 1. The number of carbonyl (C=O) groups excluding carboxylic acids is 1. The highest BCUT2D eigenvalue weighted by Crippen LogP contribution is 2.07. The Labute approximate surface area is 138 Å². The standard InChI is InChI=1S/C20H25NO2/c1-16(2)14-21-20(22)19-10-8-18(9-11-19)15-23-13-12-17-6-4-3-5-7-17/h3-11,16H,12-15H2,1-2H3,(H,21,22). The summed E-state index contributed by atoms with van der Waals surface area (Å²) in [4.78, 5) is 11.9. The maximum absolute atomic E-state index is 11.9. The molecule has 3 heteroatoms. The van der Waals surface area contributed by atoms with Gasteiger partial charge < -0.3 is 10.1 Å². The second-order valence-corrected chi connectivity index (χ2v) is 6.09. The van der Waals surface area contributed by atoms with Gasteiger partial charge in [-0.15, -0.1) is 0 Å². The van der Waals surface area contributed by atoms with Crippen LogP contribution in [0.2, 0.25) is 0 Å². The number of hydrogen-bond acceptors (Lipinski definition) is 2. The molecule has 0 heterocycles. The third kappa shape index (κ3) is 6.25. The average molecular weight is 311 g/mol. The van der Waals surface area contributed by atoms with Crippen molar-refractivity contribution in [3.63, 3.8) is 0 Å². The van der Waals surface area contributed by atoms with Crippen LogP contribution in [0.3, 0.4) is 0 Å². The van der Waals surface area contributed by atoms with Crippen LogP contribution in [-0.2, 0) is 17.8 Å². The van der Waals surface area contributed by atoms with Gasteiger partial charge in [-0.05, 0) is 35.6 Å². The third-order valence-electron chi connectivity index (χ3n) is 3.53. The van der Waals surface area contributed by atoms with Crippen LogP contribution in [0, 0.1) is 5.92 Å². The van der Waals surface area contributed by atoms with E-state index in [1.54, 1.807) is 0 Å². The lowest BCUT2D eigenvalue weighted by molar-refractivity contribution is 0.0948. The van der Waals surface area contributed by atoms with Crippen LogP contribution in [-0.4, -0.2) is 19.1 Å². The average Bonchev–Trinajstić information content (AvgIpc) is 2.58. The minimum Gasteiger partial charge on any atom is -0.376 e. The van der Waals surface area contributed by atoms with Gasteiger partial charge in [0.25, 0.3) is 5.91 Å². The van der Waals surface area contributed by atoms with Gasteiger partial charge in [0.2, 0.25) is 0 Å². The summed E-state index contributed by atoms with van der Waals surface area (Å²) >= 11 is 0. The number of amides is 1. The highest BCUT2D eigenvalue weighted by Gasteiger charge is 2.05. The topological polar surface area (TPSA) is 38.3 Å². The van der Waals surface area contributed by atoms with Gasteiger partial charge in [-0.1, -0.05) is 56.3 Å². The fourth-order valence-corrected chi connectivity index (χ4v) is 2.18. The number of ether oxygens (including phenoxy) is 1. The van der Waals surface area contributed by atoms with Crippen molar-refractivity contribution < 1.29 is 9.53 Å². The van der Waals surface area contributed by atoms with Crippen molar-refractivity contribution in [1.29, 1.82) is 0 Å². The van der Waals surface area contributed by atoms with Gasteiger partial charge in [-0.2, -0.15) is 0 Å². The second kappa shape index (κ2) is 9.11. The third-order valence-corrected chi connectivity index (χ3v) is 3.53. The maximum Gasteiger partial charge on any atom is 0.251 e. The first kappa shape index (κ1) is 17.2. The zero-order valence-electron chi connectivity index (χ0n) is 13.9. The Bertz CT molecular complexity index is 591. The van der Waals surface area contributed by atoms with E-state index in [1.807, 2.05) is 42.5 Å². The molecule has 122 valence electrons. The van der Waals surface area contributed by atoms with Crippen LogP contribution < -0.4 is 5.32 Å². The van der Waals surface area contributed by atoms with E-state index in [-0.39, 0.29) is 5.91 Å². The van der Waals surface area contributed by atoms with Crippen LogP contribution in [0.1, 0.15) is 35.3 Å².